The van der Waals surface area contributed by atoms with Crippen molar-refractivity contribution in [2.24, 2.45) is 5.92 Å². The lowest BCUT2D eigenvalue weighted by Gasteiger charge is -2.42. The van der Waals surface area contributed by atoms with Crippen LogP contribution in [-0.2, 0) is 20.6 Å². The van der Waals surface area contributed by atoms with Crippen molar-refractivity contribution < 1.29 is 14.0 Å². The van der Waals surface area contributed by atoms with Crippen molar-refractivity contribution in [3.05, 3.63) is 35.9 Å². The van der Waals surface area contributed by atoms with E-state index in [1.165, 1.54) is 6.42 Å². The number of rotatable bonds is 8. The highest BCUT2D eigenvalue weighted by molar-refractivity contribution is 6.74. The lowest BCUT2D eigenvalue weighted by atomic mass is 9.89. The van der Waals surface area contributed by atoms with Crippen LogP contribution in [-0.4, -0.2) is 44.9 Å². The van der Waals surface area contributed by atoms with Gasteiger partial charge in [0, 0.05) is 12.6 Å². The van der Waals surface area contributed by atoms with Gasteiger partial charge in [-0.05, 0) is 49.0 Å². The van der Waals surface area contributed by atoms with Gasteiger partial charge in [-0.3, -0.25) is 9.69 Å². The molecular weight excluding hydrogens is 366 g/mol. The molecule has 1 aromatic rings. The molecule has 2 unspecified atom stereocenters. The second kappa shape index (κ2) is 10.0. The third kappa shape index (κ3) is 6.71. The van der Waals surface area contributed by atoms with Gasteiger partial charge in [-0.15, -0.1) is 0 Å². The largest absolute Gasteiger partial charge is 0.460 e. The number of nitrogens with zero attached hydrogens (tertiary/aromatic N) is 1. The molecule has 2 atom stereocenters. The van der Waals surface area contributed by atoms with E-state index in [0.29, 0.717) is 19.2 Å². The predicted molar refractivity (Wildman–Crippen MR) is 118 cm³/mol. The first kappa shape index (κ1) is 23.1. The average Bonchev–Trinajstić information content (AvgIpc) is 2.65. The molecule has 0 radical (unpaired) electrons. The fourth-order valence-corrected chi connectivity index (χ4v) is 4.45. The predicted octanol–water partition coefficient (Wildman–Crippen LogP) is 5.24. The van der Waals surface area contributed by atoms with E-state index >= 15 is 0 Å². The van der Waals surface area contributed by atoms with Crippen LogP contribution < -0.4 is 0 Å². The molecule has 1 aliphatic rings. The molecule has 158 valence electrons. The van der Waals surface area contributed by atoms with E-state index in [9.17, 15) is 4.79 Å². The zero-order valence-electron chi connectivity index (χ0n) is 18.7. The SMILES string of the molecule is CCC1CCN(CC(=O)OCc2ccccc2)C(CO[Si](C)(C)C(C)(C)C)C1. The van der Waals surface area contributed by atoms with Crippen molar-refractivity contribution in [1.29, 1.82) is 0 Å². The van der Waals surface area contributed by atoms with Gasteiger partial charge in [-0.25, -0.2) is 0 Å². The Labute approximate surface area is 172 Å². The van der Waals surface area contributed by atoms with Crippen LogP contribution >= 0.6 is 0 Å². The zero-order valence-corrected chi connectivity index (χ0v) is 19.7. The summed E-state index contributed by atoms with van der Waals surface area (Å²) in [6.07, 6.45) is 3.46. The van der Waals surface area contributed by atoms with Gasteiger partial charge in [0.15, 0.2) is 8.32 Å². The van der Waals surface area contributed by atoms with Crippen LogP contribution in [0.1, 0.15) is 52.5 Å². The van der Waals surface area contributed by atoms with Crippen molar-refractivity contribution in [1.82, 2.24) is 4.90 Å². The molecule has 0 spiro atoms. The number of esters is 1. The fraction of sp³-hybridized carbons (Fsp3) is 0.696. The van der Waals surface area contributed by atoms with Crippen LogP contribution in [0.2, 0.25) is 18.1 Å². The van der Waals surface area contributed by atoms with Gasteiger partial charge in [-0.1, -0.05) is 64.4 Å². The minimum atomic E-state index is -1.79. The lowest BCUT2D eigenvalue weighted by Crippen LogP contribution is -2.50. The maximum Gasteiger partial charge on any atom is 0.320 e. The fourth-order valence-electron chi connectivity index (χ4n) is 3.41. The average molecular weight is 406 g/mol. The van der Waals surface area contributed by atoms with E-state index in [2.05, 4.69) is 45.7 Å². The summed E-state index contributed by atoms with van der Waals surface area (Å²) in [4.78, 5) is 14.7. The molecule has 1 fully saturated rings. The monoisotopic (exact) mass is 405 g/mol. The standard InChI is InChI=1S/C23H39NO3Si/c1-7-19-13-14-24(16-22(25)26-17-20-11-9-8-10-12-20)21(15-19)18-27-28(5,6)23(2,3)4/h8-12,19,21H,7,13-18H2,1-6H3. The molecule has 1 aliphatic heterocycles. The summed E-state index contributed by atoms with van der Waals surface area (Å²) in [5.74, 6) is 0.584. The zero-order chi connectivity index (χ0) is 20.8. The smallest absolute Gasteiger partial charge is 0.320 e. The molecule has 0 aliphatic carbocycles. The highest BCUT2D eigenvalue weighted by atomic mass is 28.4. The Bertz CT molecular complexity index is 612. The molecule has 0 bridgehead atoms. The topological polar surface area (TPSA) is 38.8 Å². The van der Waals surface area contributed by atoms with Gasteiger partial charge in [0.05, 0.1) is 6.54 Å². The number of piperidine rings is 1. The van der Waals surface area contributed by atoms with Crippen LogP contribution in [0.4, 0.5) is 0 Å². The Kier molecular flexibility index (Phi) is 8.28. The van der Waals surface area contributed by atoms with E-state index in [1.54, 1.807) is 0 Å². The van der Waals surface area contributed by atoms with Crippen molar-refractivity contribution in [3.63, 3.8) is 0 Å². The molecule has 4 nitrogen and oxygen atoms in total. The quantitative estimate of drug-likeness (QED) is 0.438. The minimum absolute atomic E-state index is 0.142. The third-order valence-electron chi connectivity index (χ3n) is 6.54. The van der Waals surface area contributed by atoms with Crippen LogP contribution in [0.25, 0.3) is 0 Å². The Morgan fingerprint density at radius 2 is 1.89 bits per heavy atom. The Hall–Kier alpha value is -1.17. The lowest BCUT2D eigenvalue weighted by molar-refractivity contribution is -0.147. The molecule has 1 saturated heterocycles. The van der Waals surface area contributed by atoms with Gasteiger partial charge in [0.2, 0.25) is 0 Å². The normalized spacial score (nSPS) is 21.5. The molecule has 0 N–H and O–H groups in total. The summed E-state index contributed by atoms with van der Waals surface area (Å²) in [5.41, 5.74) is 1.03. The maximum atomic E-state index is 12.4. The Balaban J connectivity index is 1.92. The van der Waals surface area contributed by atoms with Crippen molar-refractivity contribution in [3.8, 4) is 0 Å². The Morgan fingerprint density at radius 3 is 2.50 bits per heavy atom. The van der Waals surface area contributed by atoms with E-state index in [4.69, 9.17) is 9.16 Å². The van der Waals surface area contributed by atoms with Gasteiger partial charge in [0.1, 0.15) is 6.61 Å². The number of carbonyl (C=O) groups is 1. The van der Waals surface area contributed by atoms with Gasteiger partial charge < -0.3 is 9.16 Å². The summed E-state index contributed by atoms with van der Waals surface area (Å²) in [6, 6.07) is 10.2. The summed E-state index contributed by atoms with van der Waals surface area (Å²) < 4.78 is 12.0. The first-order valence-electron chi connectivity index (χ1n) is 10.7. The molecule has 5 heteroatoms. The van der Waals surface area contributed by atoms with Gasteiger partial charge in [0.25, 0.3) is 0 Å². The Morgan fingerprint density at radius 1 is 1.21 bits per heavy atom. The van der Waals surface area contributed by atoms with Gasteiger partial charge in [-0.2, -0.15) is 0 Å². The molecule has 0 saturated carbocycles. The molecule has 0 aromatic heterocycles. The van der Waals surface area contributed by atoms with Crippen LogP contribution in [0, 0.1) is 5.92 Å². The van der Waals surface area contributed by atoms with Crippen LogP contribution in [0.15, 0.2) is 30.3 Å². The van der Waals surface area contributed by atoms with E-state index in [-0.39, 0.29) is 11.0 Å². The number of carbonyl (C=O) groups excluding carboxylic acids is 1. The van der Waals surface area contributed by atoms with Crippen molar-refractivity contribution in [2.45, 2.75) is 77.7 Å². The number of ether oxygens (including phenoxy) is 1. The van der Waals surface area contributed by atoms with Crippen LogP contribution in [0.5, 0.6) is 0 Å². The van der Waals surface area contributed by atoms with E-state index < -0.39 is 8.32 Å². The molecule has 0 amide bonds. The van der Waals surface area contributed by atoms with E-state index in [1.807, 2.05) is 30.3 Å². The summed E-state index contributed by atoms with van der Waals surface area (Å²) in [7, 11) is -1.79. The van der Waals surface area contributed by atoms with Crippen LogP contribution in [0.3, 0.4) is 0 Å². The second-order valence-corrected chi connectivity index (χ2v) is 14.4. The summed E-state index contributed by atoms with van der Waals surface area (Å²) in [5, 5.41) is 0.200. The van der Waals surface area contributed by atoms with Crippen molar-refractivity contribution >= 4 is 14.3 Å². The second-order valence-electron chi connectivity index (χ2n) is 9.64. The maximum absolute atomic E-state index is 12.4. The first-order valence-corrected chi connectivity index (χ1v) is 13.6. The number of benzene rings is 1. The van der Waals surface area contributed by atoms with Crippen molar-refractivity contribution in [2.75, 3.05) is 19.7 Å². The molecule has 2 rings (SSSR count). The highest BCUT2D eigenvalue weighted by Crippen LogP contribution is 2.37. The summed E-state index contributed by atoms with van der Waals surface area (Å²) in [6.45, 7) is 16.0. The number of hydrogen-bond acceptors (Lipinski definition) is 4. The molecule has 28 heavy (non-hydrogen) atoms. The molecule has 1 aromatic carbocycles. The van der Waals surface area contributed by atoms with Gasteiger partial charge >= 0.3 is 5.97 Å². The molecular formula is C23H39NO3Si. The minimum Gasteiger partial charge on any atom is -0.460 e. The number of likely N-dealkylation sites (tertiary alicyclic amines) is 1. The first-order chi connectivity index (χ1) is 13.1. The highest BCUT2D eigenvalue weighted by Gasteiger charge is 2.39. The van der Waals surface area contributed by atoms with E-state index in [0.717, 1.165) is 37.5 Å². The number of hydrogen-bond donors (Lipinski definition) is 0. The molecule has 1 heterocycles. The summed E-state index contributed by atoms with van der Waals surface area (Å²) >= 11 is 0. The third-order valence-corrected chi connectivity index (χ3v) is 11.0.